The first-order valence-corrected chi connectivity index (χ1v) is 8.42. The van der Waals surface area contributed by atoms with E-state index in [0.717, 1.165) is 27.7 Å². The molecule has 0 unspecified atom stereocenters. The largest absolute Gasteiger partial charge is 0.494 e. The fourth-order valence-electron chi connectivity index (χ4n) is 2.95. The van der Waals surface area contributed by atoms with Gasteiger partial charge in [-0.3, -0.25) is 4.90 Å². The fourth-order valence-corrected chi connectivity index (χ4v) is 3.16. The molecule has 0 amide bonds. The first-order chi connectivity index (χ1) is 12.0. The molecule has 1 heterocycles. The van der Waals surface area contributed by atoms with Crippen molar-refractivity contribution in [2.45, 2.75) is 20.0 Å². The van der Waals surface area contributed by atoms with E-state index in [9.17, 15) is 4.39 Å². The van der Waals surface area contributed by atoms with Gasteiger partial charge < -0.3 is 4.74 Å². The molecule has 0 saturated heterocycles. The normalized spacial score (nSPS) is 11.3. The lowest BCUT2D eigenvalue weighted by Crippen LogP contribution is -2.18. The van der Waals surface area contributed by atoms with Gasteiger partial charge in [0.2, 0.25) is 0 Å². The summed E-state index contributed by atoms with van der Waals surface area (Å²) in [5.41, 5.74) is 3.67. The van der Waals surface area contributed by atoms with Crippen molar-refractivity contribution in [1.29, 1.82) is 0 Å². The van der Waals surface area contributed by atoms with Crippen LogP contribution < -0.4 is 4.74 Å². The molecular formula is C20H20ClFN2O. The number of hydrogen-bond donors (Lipinski definition) is 0. The second-order valence-corrected chi connectivity index (χ2v) is 6.53. The number of aromatic nitrogens is 1. The van der Waals surface area contributed by atoms with Gasteiger partial charge in [0.1, 0.15) is 0 Å². The van der Waals surface area contributed by atoms with Gasteiger partial charge in [-0.15, -0.1) is 0 Å². The van der Waals surface area contributed by atoms with Gasteiger partial charge in [-0.05, 0) is 43.3 Å². The van der Waals surface area contributed by atoms with Gasteiger partial charge in [0.05, 0.1) is 23.3 Å². The number of rotatable bonds is 5. The van der Waals surface area contributed by atoms with Crippen LogP contribution in [0.5, 0.6) is 5.75 Å². The lowest BCUT2D eigenvalue weighted by atomic mass is 10.1. The SMILES string of the molecule is COc1ccc(CN(C)Cc2nc3ccccc3c(C)c2Cl)cc1F. The molecule has 2 aromatic carbocycles. The Morgan fingerprint density at radius 1 is 1.16 bits per heavy atom. The molecule has 3 nitrogen and oxygen atoms in total. The number of para-hydroxylation sites is 1. The Labute approximate surface area is 152 Å². The molecule has 0 aliphatic heterocycles. The summed E-state index contributed by atoms with van der Waals surface area (Å²) in [6, 6.07) is 13.0. The van der Waals surface area contributed by atoms with Crippen LogP contribution in [0.25, 0.3) is 10.9 Å². The molecule has 0 aliphatic carbocycles. The van der Waals surface area contributed by atoms with Gasteiger partial charge in [-0.1, -0.05) is 35.9 Å². The van der Waals surface area contributed by atoms with Gasteiger partial charge >= 0.3 is 0 Å². The van der Waals surface area contributed by atoms with Crippen LogP contribution in [0.3, 0.4) is 0 Å². The first kappa shape index (κ1) is 17.6. The molecule has 0 aliphatic rings. The van der Waals surface area contributed by atoms with E-state index < -0.39 is 0 Å². The van der Waals surface area contributed by atoms with E-state index in [1.165, 1.54) is 13.2 Å². The van der Waals surface area contributed by atoms with E-state index in [0.29, 0.717) is 18.1 Å². The molecular weight excluding hydrogens is 339 g/mol. The summed E-state index contributed by atoms with van der Waals surface area (Å²) in [5, 5.41) is 1.75. The van der Waals surface area contributed by atoms with Gasteiger partial charge in [0, 0.05) is 18.5 Å². The molecule has 0 atom stereocenters. The summed E-state index contributed by atoms with van der Waals surface area (Å²) < 4.78 is 18.8. The lowest BCUT2D eigenvalue weighted by molar-refractivity contribution is 0.314. The lowest BCUT2D eigenvalue weighted by Gasteiger charge is -2.19. The Kier molecular flexibility index (Phi) is 5.21. The van der Waals surface area contributed by atoms with Crippen molar-refractivity contribution < 1.29 is 9.13 Å². The van der Waals surface area contributed by atoms with E-state index in [2.05, 4.69) is 4.90 Å². The molecule has 25 heavy (non-hydrogen) atoms. The molecule has 0 N–H and O–H groups in total. The van der Waals surface area contributed by atoms with Crippen LogP contribution in [0.4, 0.5) is 4.39 Å². The average Bonchev–Trinajstić information content (AvgIpc) is 2.59. The minimum atomic E-state index is -0.355. The minimum Gasteiger partial charge on any atom is -0.494 e. The maximum atomic E-state index is 13.8. The number of methoxy groups -OCH3 is 1. The molecule has 3 rings (SSSR count). The number of ether oxygens (including phenoxy) is 1. The number of pyridine rings is 1. The van der Waals surface area contributed by atoms with Crippen LogP contribution in [0.2, 0.25) is 5.02 Å². The van der Waals surface area contributed by atoms with Crippen molar-refractivity contribution in [3.05, 3.63) is 70.1 Å². The number of benzene rings is 2. The zero-order chi connectivity index (χ0) is 18.0. The van der Waals surface area contributed by atoms with Crippen LogP contribution in [-0.2, 0) is 13.1 Å². The topological polar surface area (TPSA) is 25.4 Å². The van der Waals surface area contributed by atoms with Crippen molar-refractivity contribution in [2.75, 3.05) is 14.2 Å². The van der Waals surface area contributed by atoms with Gasteiger partial charge in [0.15, 0.2) is 11.6 Å². The van der Waals surface area contributed by atoms with Crippen molar-refractivity contribution in [1.82, 2.24) is 9.88 Å². The third-order valence-corrected chi connectivity index (χ3v) is 4.74. The quantitative estimate of drug-likeness (QED) is 0.643. The molecule has 0 saturated carbocycles. The molecule has 1 aromatic heterocycles. The summed E-state index contributed by atoms with van der Waals surface area (Å²) in [6.45, 7) is 3.18. The summed E-state index contributed by atoms with van der Waals surface area (Å²) in [5.74, 6) is -0.104. The molecule has 0 spiro atoms. The zero-order valence-corrected chi connectivity index (χ0v) is 15.3. The smallest absolute Gasteiger partial charge is 0.165 e. The highest BCUT2D eigenvalue weighted by Crippen LogP contribution is 2.28. The Balaban J connectivity index is 1.81. The molecule has 3 aromatic rings. The summed E-state index contributed by atoms with van der Waals surface area (Å²) in [6.07, 6.45) is 0. The highest BCUT2D eigenvalue weighted by molar-refractivity contribution is 6.32. The van der Waals surface area contributed by atoms with Gasteiger partial charge in [-0.25, -0.2) is 9.37 Å². The molecule has 5 heteroatoms. The Bertz CT molecular complexity index is 914. The summed E-state index contributed by atoms with van der Waals surface area (Å²) >= 11 is 6.52. The van der Waals surface area contributed by atoms with Gasteiger partial charge in [0.25, 0.3) is 0 Å². The number of nitrogens with zero attached hydrogens (tertiary/aromatic N) is 2. The van der Waals surface area contributed by atoms with Crippen molar-refractivity contribution >= 4 is 22.5 Å². The monoisotopic (exact) mass is 358 g/mol. The second kappa shape index (κ2) is 7.38. The highest BCUT2D eigenvalue weighted by atomic mass is 35.5. The average molecular weight is 359 g/mol. The van der Waals surface area contributed by atoms with Crippen molar-refractivity contribution in [3.63, 3.8) is 0 Å². The van der Waals surface area contributed by atoms with E-state index in [4.69, 9.17) is 21.3 Å². The Morgan fingerprint density at radius 3 is 2.64 bits per heavy atom. The van der Waals surface area contributed by atoms with E-state index in [-0.39, 0.29) is 11.6 Å². The molecule has 0 radical (unpaired) electrons. The Morgan fingerprint density at radius 2 is 1.92 bits per heavy atom. The predicted molar refractivity (Wildman–Crippen MR) is 99.6 cm³/mol. The highest BCUT2D eigenvalue weighted by Gasteiger charge is 2.13. The molecule has 0 fully saturated rings. The van der Waals surface area contributed by atoms with E-state index >= 15 is 0 Å². The van der Waals surface area contributed by atoms with E-state index in [1.54, 1.807) is 6.07 Å². The van der Waals surface area contributed by atoms with Crippen LogP contribution in [0.15, 0.2) is 42.5 Å². The van der Waals surface area contributed by atoms with Crippen molar-refractivity contribution in [3.8, 4) is 5.75 Å². The minimum absolute atomic E-state index is 0.251. The van der Waals surface area contributed by atoms with Crippen LogP contribution in [-0.4, -0.2) is 24.0 Å². The molecule has 130 valence electrons. The maximum Gasteiger partial charge on any atom is 0.165 e. The van der Waals surface area contributed by atoms with Gasteiger partial charge in [-0.2, -0.15) is 0 Å². The second-order valence-electron chi connectivity index (χ2n) is 6.16. The fraction of sp³-hybridized carbons (Fsp3) is 0.250. The van der Waals surface area contributed by atoms with Crippen LogP contribution in [0.1, 0.15) is 16.8 Å². The number of fused-ring (bicyclic) bond motifs is 1. The standard InChI is InChI=1S/C20H20ClFN2O/c1-13-15-6-4-5-7-17(15)23-18(20(13)21)12-24(2)11-14-8-9-19(25-3)16(22)10-14/h4-10H,11-12H2,1-3H3. The third-order valence-electron chi connectivity index (χ3n) is 4.23. The summed E-state index contributed by atoms with van der Waals surface area (Å²) in [7, 11) is 3.42. The third kappa shape index (κ3) is 3.75. The number of hydrogen-bond acceptors (Lipinski definition) is 3. The van der Waals surface area contributed by atoms with E-state index in [1.807, 2.05) is 44.3 Å². The number of aryl methyl sites for hydroxylation is 1. The Hall–Kier alpha value is -2.17. The van der Waals surface area contributed by atoms with Crippen molar-refractivity contribution in [2.24, 2.45) is 0 Å². The zero-order valence-electron chi connectivity index (χ0n) is 14.5. The maximum absolute atomic E-state index is 13.8. The number of halogens is 2. The molecule has 0 bridgehead atoms. The predicted octanol–water partition coefficient (Wildman–Crippen LogP) is 4.98. The first-order valence-electron chi connectivity index (χ1n) is 8.04. The van der Waals surface area contributed by atoms with Crippen LogP contribution in [0, 0.1) is 12.7 Å². The summed E-state index contributed by atoms with van der Waals surface area (Å²) in [4.78, 5) is 6.75. The van der Waals surface area contributed by atoms with Crippen LogP contribution >= 0.6 is 11.6 Å².